The topological polar surface area (TPSA) is 117 Å². The van der Waals surface area contributed by atoms with E-state index in [1.54, 1.807) is 31.2 Å². The van der Waals surface area contributed by atoms with Gasteiger partial charge in [0, 0.05) is 11.7 Å². The first-order valence-electron chi connectivity index (χ1n) is 13.5. The molecule has 3 aliphatic heterocycles. The lowest BCUT2D eigenvalue weighted by atomic mass is 9.62. The Morgan fingerprint density at radius 2 is 1.89 bits per heavy atom. The monoisotopic (exact) mass is 515 g/mol. The minimum atomic E-state index is -1.13. The van der Waals surface area contributed by atoms with Crippen molar-refractivity contribution in [1.82, 2.24) is 10.2 Å². The second kappa shape index (κ2) is 10.3. The molecule has 0 radical (unpaired) electrons. The fraction of sp³-hybridized carbons (Fsp3) is 0.679. The van der Waals surface area contributed by atoms with Crippen LogP contribution in [-0.2, 0) is 19.1 Å². The third kappa shape index (κ3) is 4.40. The SMILES string of the molecule is CCCC(C)NC(=O)C1N([C@H](C)CO)C(=O)[C@@H]2[C@H](C(=O)Nc3ccc(OCC)cc3)[C@@]3(C)OC12CC3C. The largest absolute Gasteiger partial charge is 0.494 e. The van der Waals surface area contributed by atoms with Gasteiger partial charge < -0.3 is 30.1 Å². The van der Waals surface area contributed by atoms with Gasteiger partial charge in [0.2, 0.25) is 17.7 Å². The standard InChI is InChI=1S/C28H41N3O6/c1-7-9-17(4)29-25(34)23-28-14-16(3)27(6,37-28)21(22(28)26(35)31(23)18(5)15-32)24(33)30-19-10-12-20(13-11-19)36-8-2/h10-13,16-18,21-23,32H,7-9,14-15H2,1-6H3,(H,29,34)(H,30,33)/t16?,17?,18-,21-,22+,23?,27+,28?/m1/s1. The Labute approximate surface area is 219 Å². The zero-order valence-corrected chi connectivity index (χ0v) is 22.7. The number of carbonyl (C=O) groups excluding carboxylic acids is 3. The number of carbonyl (C=O) groups is 3. The number of nitrogens with zero attached hydrogens (tertiary/aromatic N) is 1. The zero-order valence-electron chi connectivity index (χ0n) is 22.7. The molecule has 37 heavy (non-hydrogen) atoms. The highest BCUT2D eigenvalue weighted by Crippen LogP contribution is 2.65. The average Bonchev–Trinajstić information content (AvgIpc) is 3.36. The summed E-state index contributed by atoms with van der Waals surface area (Å²) in [6, 6.07) is 5.52. The Kier molecular flexibility index (Phi) is 7.59. The molecule has 8 atom stereocenters. The number of fused-ring (bicyclic) bond motifs is 1. The average molecular weight is 516 g/mol. The van der Waals surface area contributed by atoms with E-state index in [4.69, 9.17) is 9.47 Å². The Balaban J connectivity index is 1.69. The quantitative estimate of drug-likeness (QED) is 0.441. The lowest BCUT2D eigenvalue weighted by molar-refractivity contribution is -0.149. The van der Waals surface area contributed by atoms with Gasteiger partial charge in [-0.1, -0.05) is 20.3 Å². The Morgan fingerprint density at radius 1 is 1.22 bits per heavy atom. The van der Waals surface area contributed by atoms with E-state index >= 15 is 0 Å². The predicted octanol–water partition coefficient (Wildman–Crippen LogP) is 2.72. The van der Waals surface area contributed by atoms with Gasteiger partial charge in [0.15, 0.2) is 0 Å². The minimum absolute atomic E-state index is 0.0552. The maximum Gasteiger partial charge on any atom is 0.246 e. The zero-order chi connectivity index (χ0) is 27.1. The molecule has 4 rings (SSSR count). The predicted molar refractivity (Wildman–Crippen MR) is 139 cm³/mol. The number of aliphatic hydroxyl groups is 1. The highest BCUT2D eigenvalue weighted by atomic mass is 16.5. The smallest absolute Gasteiger partial charge is 0.246 e. The molecule has 9 heteroatoms. The molecule has 3 fully saturated rings. The first-order chi connectivity index (χ1) is 17.5. The lowest BCUT2D eigenvalue weighted by Crippen LogP contribution is -2.58. The molecule has 3 N–H and O–H groups in total. The van der Waals surface area contributed by atoms with Crippen LogP contribution in [0.3, 0.4) is 0 Å². The van der Waals surface area contributed by atoms with Crippen molar-refractivity contribution < 1.29 is 29.0 Å². The minimum Gasteiger partial charge on any atom is -0.494 e. The van der Waals surface area contributed by atoms with Crippen LogP contribution in [0.15, 0.2) is 24.3 Å². The molecular formula is C28H41N3O6. The van der Waals surface area contributed by atoms with Crippen molar-refractivity contribution >= 4 is 23.4 Å². The summed E-state index contributed by atoms with van der Waals surface area (Å²) in [5.41, 5.74) is -1.45. The maximum absolute atomic E-state index is 14.0. The number of likely N-dealkylation sites (tertiary alicyclic amines) is 1. The van der Waals surface area contributed by atoms with Gasteiger partial charge in [0.1, 0.15) is 17.4 Å². The van der Waals surface area contributed by atoms with Gasteiger partial charge in [0.25, 0.3) is 0 Å². The van der Waals surface area contributed by atoms with E-state index in [-0.39, 0.29) is 36.3 Å². The number of ether oxygens (including phenoxy) is 2. The number of anilines is 1. The molecule has 1 aromatic rings. The molecular weight excluding hydrogens is 474 g/mol. The summed E-state index contributed by atoms with van der Waals surface area (Å²) in [4.78, 5) is 43.0. The fourth-order valence-corrected chi connectivity index (χ4v) is 6.79. The number of nitrogens with one attached hydrogen (secondary N) is 2. The van der Waals surface area contributed by atoms with E-state index < -0.39 is 35.1 Å². The van der Waals surface area contributed by atoms with Crippen molar-refractivity contribution in [3.05, 3.63) is 24.3 Å². The van der Waals surface area contributed by atoms with Gasteiger partial charge >= 0.3 is 0 Å². The molecule has 0 aromatic heterocycles. The summed E-state index contributed by atoms with van der Waals surface area (Å²) in [5.74, 6) is -1.87. The molecule has 3 heterocycles. The number of aliphatic hydroxyl groups excluding tert-OH is 1. The van der Waals surface area contributed by atoms with E-state index in [9.17, 15) is 19.5 Å². The van der Waals surface area contributed by atoms with Crippen LogP contribution in [0.4, 0.5) is 5.69 Å². The van der Waals surface area contributed by atoms with Gasteiger partial charge in [-0.3, -0.25) is 14.4 Å². The van der Waals surface area contributed by atoms with Gasteiger partial charge in [-0.25, -0.2) is 0 Å². The highest BCUT2D eigenvalue weighted by molar-refractivity contribution is 6.02. The lowest BCUT2D eigenvalue weighted by Gasteiger charge is -2.36. The fourth-order valence-electron chi connectivity index (χ4n) is 6.79. The highest BCUT2D eigenvalue weighted by Gasteiger charge is 2.80. The van der Waals surface area contributed by atoms with Crippen LogP contribution in [0.25, 0.3) is 0 Å². The number of hydrogen-bond acceptors (Lipinski definition) is 6. The summed E-state index contributed by atoms with van der Waals surface area (Å²) < 4.78 is 12.2. The van der Waals surface area contributed by atoms with Crippen LogP contribution in [0.5, 0.6) is 5.75 Å². The van der Waals surface area contributed by atoms with E-state index in [0.717, 1.165) is 12.8 Å². The van der Waals surface area contributed by atoms with Gasteiger partial charge in [-0.2, -0.15) is 0 Å². The second-order valence-corrected chi connectivity index (χ2v) is 11.1. The first-order valence-corrected chi connectivity index (χ1v) is 13.5. The molecule has 204 valence electrons. The molecule has 1 aromatic carbocycles. The van der Waals surface area contributed by atoms with Crippen LogP contribution in [-0.4, -0.2) is 70.3 Å². The molecule has 4 unspecified atom stereocenters. The number of hydrogen-bond donors (Lipinski definition) is 3. The first kappa shape index (κ1) is 27.4. The molecule has 3 amide bonds. The Hall–Kier alpha value is -2.65. The van der Waals surface area contributed by atoms with Crippen LogP contribution in [0, 0.1) is 17.8 Å². The van der Waals surface area contributed by atoms with E-state index in [2.05, 4.69) is 10.6 Å². The van der Waals surface area contributed by atoms with Crippen LogP contribution >= 0.6 is 0 Å². The van der Waals surface area contributed by atoms with Crippen molar-refractivity contribution in [2.24, 2.45) is 17.8 Å². The van der Waals surface area contributed by atoms with Crippen LogP contribution in [0.1, 0.15) is 60.8 Å². The summed E-state index contributed by atoms with van der Waals surface area (Å²) in [7, 11) is 0. The third-order valence-electron chi connectivity index (χ3n) is 8.57. The summed E-state index contributed by atoms with van der Waals surface area (Å²) in [6.45, 7) is 11.8. The molecule has 0 aliphatic carbocycles. The molecule has 1 spiro atoms. The Morgan fingerprint density at radius 3 is 2.49 bits per heavy atom. The molecule has 0 saturated carbocycles. The number of amides is 3. The van der Waals surface area contributed by atoms with Crippen molar-refractivity contribution in [2.45, 2.75) is 90.1 Å². The van der Waals surface area contributed by atoms with E-state index in [1.807, 2.05) is 34.6 Å². The van der Waals surface area contributed by atoms with Crippen LogP contribution in [0.2, 0.25) is 0 Å². The van der Waals surface area contributed by atoms with E-state index in [0.29, 0.717) is 24.5 Å². The summed E-state index contributed by atoms with van der Waals surface area (Å²) >= 11 is 0. The van der Waals surface area contributed by atoms with Crippen molar-refractivity contribution in [3.63, 3.8) is 0 Å². The molecule has 9 nitrogen and oxygen atoms in total. The third-order valence-corrected chi connectivity index (χ3v) is 8.57. The van der Waals surface area contributed by atoms with Crippen molar-refractivity contribution in [3.8, 4) is 5.75 Å². The maximum atomic E-state index is 14.0. The number of rotatable bonds is 10. The molecule has 3 saturated heterocycles. The molecule has 2 bridgehead atoms. The number of benzene rings is 1. The second-order valence-electron chi connectivity index (χ2n) is 11.1. The van der Waals surface area contributed by atoms with E-state index in [1.165, 1.54) is 4.90 Å². The summed E-state index contributed by atoms with van der Waals surface area (Å²) in [6.07, 6.45) is 2.21. The summed E-state index contributed by atoms with van der Waals surface area (Å²) in [5, 5.41) is 16.0. The van der Waals surface area contributed by atoms with Crippen molar-refractivity contribution in [2.75, 3.05) is 18.5 Å². The van der Waals surface area contributed by atoms with Crippen LogP contribution < -0.4 is 15.4 Å². The Bertz CT molecular complexity index is 1030. The van der Waals surface area contributed by atoms with Gasteiger partial charge in [-0.05, 0) is 70.7 Å². The molecule has 3 aliphatic rings. The van der Waals surface area contributed by atoms with Crippen molar-refractivity contribution in [1.29, 1.82) is 0 Å². The normalized spacial score (nSPS) is 33.7. The van der Waals surface area contributed by atoms with Gasteiger partial charge in [-0.15, -0.1) is 0 Å². The van der Waals surface area contributed by atoms with Gasteiger partial charge in [0.05, 0.1) is 36.7 Å².